The van der Waals surface area contributed by atoms with Crippen LogP contribution in [-0.2, 0) is 17.1 Å². The number of phenolic OH excluding ortho intramolecular Hbond substituents is 1. The van der Waals surface area contributed by atoms with Gasteiger partial charge in [-0.15, -0.1) is 5.10 Å². The maximum atomic E-state index is 12.5. The molecule has 1 aromatic carbocycles. The Hall–Kier alpha value is -1.61. The molecule has 102 valence electrons. The number of aromatic hydroxyl groups is 1. The molecule has 2 aromatic rings. The summed E-state index contributed by atoms with van der Waals surface area (Å²) in [6.07, 6.45) is 0. The van der Waals surface area contributed by atoms with E-state index in [0.717, 1.165) is 4.31 Å². The lowest BCUT2D eigenvalue weighted by Gasteiger charge is -2.19. The molecule has 7 nitrogen and oxygen atoms in total. The molecule has 0 fully saturated rings. The zero-order valence-electron chi connectivity index (χ0n) is 10.1. The van der Waals surface area contributed by atoms with Gasteiger partial charge in [0.15, 0.2) is 4.60 Å². The number of anilines is 1. The van der Waals surface area contributed by atoms with Crippen LogP contribution in [0.2, 0.25) is 0 Å². The van der Waals surface area contributed by atoms with Crippen LogP contribution in [-0.4, -0.2) is 35.6 Å². The highest BCUT2D eigenvalue weighted by molar-refractivity contribution is 9.10. The van der Waals surface area contributed by atoms with E-state index in [0.29, 0.717) is 5.69 Å². The standard InChI is InChI=1S/C10H11BrN4O3S/c1-14-10(9(11)12-13-14)19(17,18)15(2)7-3-5-8(16)6-4-7/h3-6,16H,1-2H3. The van der Waals surface area contributed by atoms with E-state index in [1.165, 1.54) is 43.0 Å². The van der Waals surface area contributed by atoms with Gasteiger partial charge in [0.2, 0.25) is 5.03 Å². The third kappa shape index (κ3) is 2.43. The summed E-state index contributed by atoms with van der Waals surface area (Å²) in [5.74, 6) is 0.0675. The first-order valence-electron chi connectivity index (χ1n) is 5.17. The van der Waals surface area contributed by atoms with Gasteiger partial charge in [-0.25, -0.2) is 4.68 Å². The molecule has 0 aliphatic heterocycles. The Kier molecular flexibility index (Phi) is 3.50. The fourth-order valence-corrected chi connectivity index (χ4v) is 3.75. The third-order valence-electron chi connectivity index (χ3n) is 2.56. The Morgan fingerprint density at radius 1 is 1.32 bits per heavy atom. The Balaban J connectivity index is 2.48. The highest BCUT2D eigenvalue weighted by Gasteiger charge is 2.28. The normalized spacial score (nSPS) is 11.5. The average molecular weight is 347 g/mol. The second kappa shape index (κ2) is 4.82. The van der Waals surface area contributed by atoms with Crippen molar-refractivity contribution in [2.24, 2.45) is 7.05 Å². The van der Waals surface area contributed by atoms with Crippen LogP contribution in [0.4, 0.5) is 5.69 Å². The molecule has 0 saturated heterocycles. The van der Waals surface area contributed by atoms with Crippen molar-refractivity contribution in [1.82, 2.24) is 15.0 Å². The summed E-state index contributed by atoms with van der Waals surface area (Å²) in [6.45, 7) is 0. The number of halogens is 1. The molecule has 0 amide bonds. The molecule has 0 atom stereocenters. The number of hydrogen-bond acceptors (Lipinski definition) is 5. The molecular formula is C10H11BrN4O3S. The van der Waals surface area contributed by atoms with Gasteiger partial charge in [0, 0.05) is 14.1 Å². The van der Waals surface area contributed by atoms with Gasteiger partial charge < -0.3 is 5.11 Å². The molecule has 0 saturated carbocycles. The van der Waals surface area contributed by atoms with Crippen molar-refractivity contribution < 1.29 is 13.5 Å². The SMILES string of the molecule is CN(c1ccc(O)cc1)S(=O)(=O)c1c(Br)nnn1C. The maximum Gasteiger partial charge on any atom is 0.284 e. The van der Waals surface area contributed by atoms with Crippen molar-refractivity contribution in [2.75, 3.05) is 11.4 Å². The van der Waals surface area contributed by atoms with E-state index in [2.05, 4.69) is 26.2 Å². The topological polar surface area (TPSA) is 88.3 Å². The lowest BCUT2D eigenvalue weighted by atomic mass is 10.3. The molecule has 9 heteroatoms. The minimum Gasteiger partial charge on any atom is -0.508 e. The van der Waals surface area contributed by atoms with Crippen LogP contribution in [0.1, 0.15) is 0 Å². The number of nitrogens with zero attached hydrogens (tertiary/aromatic N) is 4. The number of phenols is 1. The predicted octanol–water partition coefficient (Wildman–Crippen LogP) is 1.11. The van der Waals surface area contributed by atoms with Crippen molar-refractivity contribution in [3.05, 3.63) is 28.9 Å². The fourth-order valence-electron chi connectivity index (χ4n) is 1.53. The molecule has 0 unspecified atom stereocenters. The zero-order chi connectivity index (χ0) is 14.2. The fraction of sp³-hybridized carbons (Fsp3) is 0.200. The van der Waals surface area contributed by atoms with Gasteiger partial charge in [-0.3, -0.25) is 4.31 Å². The monoisotopic (exact) mass is 346 g/mol. The van der Waals surface area contributed by atoms with E-state index in [4.69, 9.17) is 0 Å². The van der Waals surface area contributed by atoms with E-state index >= 15 is 0 Å². The van der Waals surface area contributed by atoms with E-state index in [-0.39, 0.29) is 15.4 Å². The van der Waals surface area contributed by atoms with Crippen LogP contribution in [0.5, 0.6) is 5.75 Å². The molecular weight excluding hydrogens is 336 g/mol. The van der Waals surface area contributed by atoms with Crippen LogP contribution in [0.25, 0.3) is 0 Å². The number of aryl methyl sites for hydroxylation is 1. The predicted molar refractivity (Wildman–Crippen MR) is 72.4 cm³/mol. The number of aromatic nitrogens is 3. The van der Waals surface area contributed by atoms with Crippen LogP contribution >= 0.6 is 15.9 Å². The second-order valence-electron chi connectivity index (χ2n) is 3.80. The molecule has 19 heavy (non-hydrogen) atoms. The quantitative estimate of drug-likeness (QED) is 0.899. The minimum atomic E-state index is -3.78. The first-order chi connectivity index (χ1) is 8.84. The van der Waals surface area contributed by atoms with Gasteiger partial charge >= 0.3 is 0 Å². The Bertz CT molecular complexity index is 677. The molecule has 1 aromatic heterocycles. The largest absolute Gasteiger partial charge is 0.508 e. The summed E-state index contributed by atoms with van der Waals surface area (Å²) >= 11 is 3.07. The van der Waals surface area contributed by atoms with Crippen molar-refractivity contribution in [3.8, 4) is 5.75 Å². The van der Waals surface area contributed by atoms with Gasteiger partial charge in [0.25, 0.3) is 10.0 Å². The zero-order valence-corrected chi connectivity index (χ0v) is 12.6. The summed E-state index contributed by atoms with van der Waals surface area (Å²) in [4.78, 5) is 0. The van der Waals surface area contributed by atoms with Gasteiger partial charge in [0.05, 0.1) is 5.69 Å². The van der Waals surface area contributed by atoms with E-state index in [1.54, 1.807) is 0 Å². The van der Waals surface area contributed by atoms with Gasteiger partial charge in [-0.2, -0.15) is 8.42 Å². The second-order valence-corrected chi connectivity index (χ2v) is 6.43. The van der Waals surface area contributed by atoms with Crippen molar-refractivity contribution in [3.63, 3.8) is 0 Å². The van der Waals surface area contributed by atoms with Gasteiger partial charge in [-0.05, 0) is 40.2 Å². The van der Waals surface area contributed by atoms with Gasteiger partial charge in [0.1, 0.15) is 5.75 Å². The summed E-state index contributed by atoms with van der Waals surface area (Å²) in [5, 5.41) is 16.5. The maximum absolute atomic E-state index is 12.5. The molecule has 1 N–H and O–H groups in total. The number of rotatable bonds is 3. The van der Waals surface area contributed by atoms with Crippen LogP contribution < -0.4 is 4.31 Å². The first-order valence-corrected chi connectivity index (χ1v) is 7.40. The van der Waals surface area contributed by atoms with Crippen LogP contribution in [0, 0.1) is 0 Å². The molecule has 0 bridgehead atoms. The third-order valence-corrected chi connectivity index (χ3v) is 5.23. The summed E-state index contributed by atoms with van der Waals surface area (Å²) in [5.41, 5.74) is 0.422. The Morgan fingerprint density at radius 2 is 1.89 bits per heavy atom. The van der Waals surface area contributed by atoms with Crippen molar-refractivity contribution in [1.29, 1.82) is 0 Å². The molecule has 0 radical (unpaired) electrons. The minimum absolute atomic E-state index is 0.0388. The number of benzene rings is 1. The van der Waals surface area contributed by atoms with Crippen molar-refractivity contribution in [2.45, 2.75) is 5.03 Å². The van der Waals surface area contributed by atoms with E-state index in [1.807, 2.05) is 0 Å². The molecule has 0 spiro atoms. The highest BCUT2D eigenvalue weighted by Crippen LogP contribution is 2.26. The van der Waals surface area contributed by atoms with E-state index in [9.17, 15) is 13.5 Å². The summed E-state index contributed by atoms with van der Waals surface area (Å²) in [7, 11) is -0.867. The summed E-state index contributed by atoms with van der Waals surface area (Å²) < 4.78 is 27.3. The average Bonchev–Trinajstić information content (AvgIpc) is 2.69. The lowest BCUT2D eigenvalue weighted by molar-refractivity contribution is 0.475. The molecule has 0 aliphatic carbocycles. The molecule has 0 aliphatic rings. The van der Waals surface area contributed by atoms with Gasteiger partial charge in [-0.1, -0.05) is 5.21 Å². The molecule has 2 rings (SSSR count). The lowest BCUT2D eigenvalue weighted by Crippen LogP contribution is -2.28. The smallest absolute Gasteiger partial charge is 0.284 e. The van der Waals surface area contributed by atoms with E-state index < -0.39 is 10.0 Å². The van der Waals surface area contributed by atoms with Crippen molar-refractivity contribution >= 4 is 31.6 Å². The van der Waals surface area contributed by atoms with Crippen LogP contribution in [0.3, 0.4) is 0 Å². The summed E-state index contributed by atoms with van der Waals surface area (Å²) in [6, 6.07) is 5.84. The first kappa shape index (κ1) is 13.8. The highest BCUT2D eigenvalue weighted by atomic mass is 79.9. The Labute approximate surface area is 118 Å². The Morgan fingerprint density at radius 3 is 2.37 bits per heavy atom. The number of hydrogen-bond donors (Lipinski definition) is 1. The molecule has 1 heterocycles. The van der Waals surface area contributed by atoms with Crippen LogP contribution in [0.15, 0.2) is 33.9 Å². The number of sulfonamides is 1.